The van der Waals surface area contributed by atoms with Crippen LogP contribution >= 0.6 is 0 Å². The lowest BCUT2D eigenvalue weighted by molar-refractivity contribution is 0.444. The maximum absolute atomic E-state index is 5.88. The highest BCUT2D eigenvalue weighted by atomic mass is 16.5. The molecule has 1 aromatic rings. The van der Waals surface area contributed by atoms with Gasteiger partial charge in [0.25, 0.3) is 0 Å². The summed E-state index contributed by atoms with van der Waals surface area (Å²) >= 11 is 0. The molecule has 1 heteroatoms. The van der Waals surface area contributed by atoms with Gasteiger partial charge < -0.3 is 0 Å². The predicted molar refractivity (Wildman–Crippen MR) is 60.7 cm³/mol. The summed E-state index contributed by atoms with van der Waals surface area (Å²) in [4.78, 5) is 0. The van der Waals surface area contributed by atoms with E-state index in [4.69, 9.17) is 4.42 Å². The maximum Gasteiger partial charge on any atom is 0.332 e. The molecule has 0 N–H and O–H groups in total. The van der Waals surface area contributed by atoms with Crippen molar-refractivity contribution in [3.05, 3.63) is 28.2 Å². The standard InChI is InChI=1S/C13H21O/c1-6-11-9(4)12(7-2)14-13(8-3)10(11)5/h6-8H2,1-5H3/q+1/i1+1,2+1,3+1,4+1,5+1,7+1,8+1,11+1,12+1,13+1. The summed E-state index contributed by atoms with van der Waals surface area (Å²) in [5.41, 5.74) is 4.18. The van der Waals surface area contributed by atoms with E-state index < -0.39 is 0 Å². The van der Waals surface area contributed by atoms with Gasteiger partial charge in [-0.05, 0) is 25.8 Å². The third-order valence-corrected chi connectivity index (χ3v) is 2.98. The highest BCUT2D eigenvalue weighted by Gasteiger charge is 2.21. The second-order valence-corrected chi connectivity index (χ2v) is 3.74. The fraction of sp³-hybridized carbons (Fsp3) is 0.615. The van der Waals surface area contributed by atoms with Gasteiger partial charge in [-0.3, -0.25) is 0 Å². The second kappa shape index (κ2) is 4.59. The summed E-state index contributed by atoms with van der Waals surface area (Å²) in [6.45, 7) is 10.9. The lowest BCUT2D eigenvalue weighted by atomic mass is 10.5. The van der Waals surface area contributed by atoms with E-state index in [1.165, 1.54) is 16.7 Å². The van der Waals surface area contributed by atoms with Gasteiger partial charge in [0.15, 0.2) is 0 Å². The molecule has 1 heterocycles. The van der Waals surface area contributed by atoms with Gasteiger partial charge in [-0.2, -0.15) is 0 Å². The number of rotatable bonds is 3. The van der Waals surface area contributed by atoms with Crippen molar-refractivity contribution >= 4 is 0 Å². The minimum Gasteiger partial charge on any atom is -0.217 e. The molecule has 0 fully saturated rings. The summed E-state index contributed by atoms with van der Waals surface area (Å²) in [5, 5.41) is 0. The van der Waals surface area contributed by atoms with Crippen LogP contribution in [0.4, 0.5) is 0 Å². The van der Waals surface area contributed by atoms with Gasteiger partial charge in [-0.15, -0.1) is 0 Å². The van der Waals surface area contributed by atoms with E-state index in [9.17, 15) is 0 Å². The van der Waals surface area contributed by atoms with Crippen molar-refractivity contribution in [1.82, 2.24) is 0 Å². The highest BCUT2D eigenvalue weighted by molar-refractivity contribution is 5.36. The van der Waals surface area contributed by atoms with Crippen LogP contribution in [0.25, 0.3) is 0 Å². The first-order valence-electron chi connectivity index (χ1n) is 5.59. The average molecular weight is 203 g/mol. The molecule has 0 aliphatic carbocycles. The first kappa shape index (κ1) is 11.2. The van der Waals surface area contributed by atoms with Crippen LogP contribution in [-0.4, -0.2) is 0 Å². The predicted octanol–water partition coefficient (Wildman–Crippen LogP) is 3.86. The molecule has 0 aliphatic rings. The lowest BCUT2D eigenvalue weighted by Gasteiger charge is -2.05. The Bertz CT molecular complexity index is 298. The largest absolute Gasteiger partial charge is 0.332 e. The van der Waals surface area contributed by atoms with Gasteiger partial charge in [0.05, 0.1) is 24.0 Å². The molecule has 1 aromatic heterocycles. The van der Waals surface area contributed by atoms with E-state index in [1.54, 1.807) is 0 Å². The van der Waals surface area contributed by atoms with Crippen LogP contribution in [0.2, 0.25) is 0 Å². The zero-order valence-electron chi connectivity index (χ0n) is 10.0. The molecule has 0 radical (unpaired) electrons. The Morgan fingerprint density at radius 3 is 1.50 bits per heavy atom. The molecule has 78 valence electrons. The second-order valence-electron chi connectivity index (χ2n) is 3.74. The molecule has 0 bridgehead atoms. The van der Waals surface area contributed by atoms with Crippen LogP contribution in [0.5, 0.6) is 0 Å². The Hall–Kier alpha value is -0.850. The highest BCUT2D eigenvalue weighted by Crippen LogP contribution is 2.23. The van der Waals surface area contributed by atoms with Gasteiger partial charge >= 0.3 is 11.5 Å². The molecule has 0 amide bonds. The van der Waals surface area contributed by atoms with Crippen LogP contribution in [-0.2, 0) is 19.3 Å². The van der Waals surface area contributed by atoms with E-state index in [2.05, 4.69) is 34.6 Å². The number of hydrogen-bond acceptors (Lipinski definition) is 0. The Balaban J connectivity index is 3.39. The van der Waals surface area contributed by atoms with Crippen molar-refractivity contribution in [2.45, 2.75) is 53.9 Å². The van der Waals surface area contributed by atoms with E-state index in [0.29, 0.717) is 0 Å². The zero-order chi connectivity index (χ0) is 10.7. The van der Waals surface area contributed by atoms with E-state index in [-0.39, 0.29) is 0 Å². The van der Waals surface area contributed by atoms with Gasteiger partial charge in [0.2, 0.25) is 0 Å². The summed E-state index contributed by atoms with van der Waals surface area (Å²) in [6.07, 6.45) is 3.09. The molecule has 0 saturated carbocycles. The van der Waals surface area contributed by atoms with Gasteiger partial charge in [0.1, 0.15) is 0 Å². The molecular formula is C13H21O+. The van der Waals surface area contributed by atoms with Crippen LogP contribution < -0.4 is 0 Å². The normalized spacial score (nSPS) is 10.6. The van der Waals surface area contributed by atoms with Crippen molar-refractivity contribution in [3.8, 4) is 0 Å². The van der Waals surface area contributed by atoms with Gasteiger partial charge in [-0.1, -0.05) is 20.8 Å². The molecule has 1 nitrogen and oxygen atoms in total. The van der Waals surface area contributed by atoms with Crippen molar-refractivity contribution in [3.63, 3.8) is 0 Å². The molecular weight excluding hydrogens is 182 g/mol. The van der Waals surface area contributed by atoms with Gasteiger partial charge in [0, 0.05) is 0 Å². The van der Waals surface area contributed by atoms with Crippen LogP contribution in [0.1, 0.15) is 49.0 Å². The van der Waals surface area contributed by atoms with Crippen LogP contribution in [0, 0.1) is 13.8 Å². The first-order valence-corrected chi connectivity index (χ1v) is 5.59. The summed E-state index contributed by atoms with van der Waals surface area (Å²) in [5.74, 6) is 2.31. The molecule has 0 aliphatic heterocycles. The quantitative estimate of drug-likeness (QED) is 0.536. The monoisotopic (exact) mass is 203 g/mol. The molecule has 0 aromatic carbocycles. The third kappa shape index (κ3) is 1.82. The Kier molecular flexibility index (Phi) is 3.68. The van der Waals surface area contributed by atoms with Crippen molar-refractivity contribution < 1.29 is 4.42 Å². The van der Waals surface area contributed by atoms with Crippen molar-refractivity contribution in [2.24, 2.45) is 0 Å². The maximum atomic E-state index is 5.88. The smallest absolute Gasteiger partial charge is 0.217 e. The number of hydrogen-bond donors (Lipinski definition) is 0. The SMILES string of the molecule is [13CH3]C[13c]1c([13CH3])[13c]([13CH2][13CH3])[o+][13c]([13CH2][13CH3])c1[13CH3]. The third-order valence-electron chi connectivity index (χ3n) is 2.98. The van der Waals surface area contributed by atoms with Crippen molar-refractivity contribution in [2.75, 3.05) is 0 Å². The molecule has 1 rings (SSSR count). The Labute approximate surface area is 87.2 Å². The van der Waals surface area contributed by atoms with Crippen LogP contribution in [0.3, 0.4) is 0 Å². The zero-order valence-corrected chi connectivity index (χ0v) is 10.0. The number of aryl methyl sites for hydroxylation is 2. The Morgan fingerprint density at radius 1 is 0.786 bits per heavy atom. The van der Waals surface area contributed by atoms with Crippen molar-refractivity contribution in [1.29, 1.82) is 0 Å². The minimum atomic E-state index is 0.992. The molecule has 0 atom stereocenters. The fourth-order valence-electron chi connectivity index (χ4n) is 2.12. The van der Waals surface area contributed by atoms with Gasteiger partial charge in [-0.25, -0.2) is 4.42 Å². The summed E-state index contributed by atoms with van der Waals surface area (Å²) in [7, 11) is 0. The molecule has 14 heavy (non-hydrogen) atoms. The molecule has 0 spiro atoms. The average Bonchev–Trinajstić information content (AvgIpc) is 2.19. The Morgan fingerprint density at radius 2 is 1.21 bits per heavy atom. The topological polar surface area (TPSA) is 11.3 Å². The summed E-state index contributed by atoms with van der Waals surface area (Å²) < 4.78 is 5.88. The minimum absolute atomic E-state index is 0.992. The molecule has 0 saturated heterocycles. The van der Waals surface area contributed by atoms with E-state index >= 15 is 0 Å². The first-order chi connectivity index (χ1) is 6.65. The van der Waals surface area contributed by atoms with E-state index in [0.717, 1.165) is 30.8 Å². The summed E-state index contributed by atoms with van der Waals surface area (Å²) in [6, 6.07) is 0. The van der Waals surface area contributed by atoms with Crippen LogP contribution in [0.15, 0.2) is 4.42 Å². The van der Waals surface area contributed by atoms with E-state index in [1.807, 2.05) is 0 Å². The lowest BCUT2D eigenvalue weighted by Crippen LogP contribution is -2.01. The molecule has 0 unspecified atom stereocenters. The fourth-order valence-corrected chi connectivity index (χ4v) is 2.12.